The highest BCUT2D eigenvalue weighted by Crippen LogP contribution is 2.22. The first kappa shape index (κ1) is 13.2. The van der Waals surface area contributed by atoms with E-state index < -0.39 is 0 Å². The molecule has 2 N–H and O–H groups in total. The van der Waals surface area contributed by atoms with Crippen LogP contribution in [0.15, 0.2) is 12.1 Å². The zero-order chi connectivity index (χ0) is 12.3. The van der Waals surface area contributed by atoms with Gasteiger partial charge < -0.3 is 5.73 Å². The van der Waals surface area contributed by atoms with Crippen LogP contribution in [0, 0.1) is 26.7 Å². The molecule has 0 amide bonds. The summed E-state index contributed by atoms with van der Waals surface area (Å²) in [5, 5.41) is 0. The van der Waals surface area contributed by atoms with Gasteiger partial charge in [-0.05, 0) is 56.7 Å². The van der Waals surface area contributed by atoms with E-state index in [1.807, 2.05) is 0 Å². The maximum Gasteiger partial charge on any atom is 0.00418 e. The van der Waals surface area contributed by atoms with E-state index in [1.54, 1.807) is 0 Å². The van der Waals surface area contributed by atoms with E-state index in [0.29, 0.717) is 5.92 Å². The summed E-state index contributed by atoms with van der Waals surface area (Å²) in [7, 11) is 0. The van der Waals surface area contributed by atoms with Crippen molar-refractivity contribution in [2.75, 3.05) is 0 Å². The Bertz CT molecular complexity index is 329. The molecule has 0 aliphatic carbocycles. The van der Waals surface area contributed by atoms with Gasteiger partial charge in [-0.15, -0.1) is 0 Å². The molecule has 0 aromatic heterocycles. The van der Waals surface area contributed by atoms with Crippen LogP contribution in [-0.4, -0.2) is 6.04 Å². The molecule has 0 bridgehead atoms. The fourth-order valence-corrected chi connectivity index (χ4v) is 2.50. The van der Waals surface area contributed by atoms with Crippen LogP contribution in [0.25, 0.3) is 0 Å². The molecular weight excluding hydrogens is 194 g/mol. The van der Waals surface area contributed by atoms with Gasteiger partial charge in [-0.3, -0.25) is 0 Å². The molecule has 0 fully saturated rings. The van der Waals surface area contributed by atoms with Crippen molar-refractivity contribution in [3.05, 3.63) is 34.4 Å². The number of rotatable bonds is 4. The van der Waals surface area contributed by atoms with E-state index in [0.717, 1.165) is 12.8 Å². The van der Waals surface area contributed by atoms with Gasteiger partial charge in [0.25, 0.3) is 0 Å². The van der Waals surface area contributed by atoms with Crippen molar-refractivity contribution in [2.45, 2.75) is 53.5 Å². The average Bonchev–Trinajstić information content (AvgIpc) is 2.15. The fraction of sp³-hybridized carbons (Fsp3) is 0.600. The van der Waals surface area contributed by atoms with Crippen LogP contribution < -0.4 is 5.73 Å². The summed E-state index contributed by atoms with van der Waals surface area (Å²) < 4.78 is 0. The first-order valence-electron chi connectivity index (χ1n) is 6.28. The van der Waals surface area contributed by atoms with E-state index >= 15 is 0 Å². The molecule has 1 rings (SSSR count). The van der Waals surface area contributed by atoms with Crippen LogP contribution in [0.5, 0.6) is 0 Å². The number of nitrogens with two attached hydrogens (primary N) is 1. The topological polar surface area (TPSA) is 26.0 Å². The minimum Gasteiger partial charge on any atom is -0.328 e. The lowest BCUT2D eigenvalue weighted by atomic mass is 9.87. The third-order valence-corrected chi connectivity index (χ3v) is 3.57. The van der Waals surface area contributed by atoms with Crippen LogP contribution in [0.4, 0.5) is 0 Å². The normalized spacial score (nSPS) is 14.9. The monoisotopic (exact) mass is 219 g/mol. The summed E-state index contributed by atoms with van der Waals surface area (Å²) in [5.74, 6) is 0.597. The van der Waals surface area contributed by atoms with Gasteiger partial charge in [-0.1, -0.05) is 31.0 Å². The molecule has 0 saturated heterocycles. The van der Waals surface area contributed by atoms with Crippen molar-refractivity contribution in [3.63, 3.8) is 0 Å². The Morgan fingerprint density at radius 1 is 1.12 bits per heavy atom. The van der Waals surface area contributed by atoms with E-state index in [1.165, 1.54) is 22.3 Å². The maximum absolute atomic E-state index is 6.03. The molecule has 2 atom stereocenters. The maximum atomic E-state index is 6.03. The fourth-order valence-electron chi connectivity index (χ4n) is 2.50. The zero-order valence-electron chi connectivity index (χ0n) is 11.3. The Morgan fingerprint density at radius 2 is 1.62 bits per heavy atom. The minimum absolute atomic E-state index is 0.283. The molecular formula is C15H25N. The van der Waals surface area contributed by atoms with Crippen LogP contribution in [0.1, 0.15) is 42.5 Å². The molecule has 0 saturated carbocycles. The van der Waals surface area contributed by atoms with Crippen LogP contribution in [0.2, 0.25) is 0 Å². The molecule has 0 spiro atoms. The second-order valence-electron chi connectivity index (χ2n) is 5.11. The summed E-state index contributed by atoms with van der Waals surface area (Å²) in [6, 6.07) is 4.83. The Labute approximate surface area is 100 Å². The Morgan fingerprint density at radius 3 is 2.00 bits per heavy atom. The Balaban J connectivity index is 2.96. The highest BCUT2D eigenvalue weighted by Gasteiger charge is 2.14. The van der Waals surface area contributed by atoms with E-state index in [4.69, 9.17) is 5.73 Å². The van der Waals surface area contributed by atoms with Crippen molar-refractivity contribution in [1.29, 1.82) is 0 Å². The average molecular weight is 219 g/mol. The van der Waals surface area contributed by atoms with E-state index in [2.05, 4.69) is 46.8 Å². The van der Waals surface area contributed by atoms with Gasteiger partial charge >= 0.3 is 0 Å². The molecule has 16 heavy (non-hydrogen) atoms. The Kier molecular flexibility index (Phi) is 4.55. The second kappa shape index (κ2) is 5.49. The second-order valence-corrected chi connectivity index (χ2v) is 5.11. The third kappa shape index (κ3) is 3.08. The quantitative estimate of drug-likeness (QED) is 0.823. The van der Waals surface area contributed by atoms with Crippen LogP contribution in [-0.2, 0) is 6.42 Å². The summed E-state index contributed by atoms with van der Waals surface area (Å²) in [6.07, 6.45) is 2.27. The standard InChI is InChI=1S/C15H25N/c1-6-14(13(5)16)9-15-11(3)7-10(2)8-12(15)4/h7-8,13-14H,6,9,16H2,1-5H3. The third-order valence-electron chi connectivity index (χ3n) is 3.57. The van der Waals surface area contributed by atoms with E-state index in [9.17, 15) is 0 Å². The summed E-state index contributed by atoms with van der Waals surface area (Å²) in [4.78, 5) is 0. The van der Waals surface area contributed by atoms with Gasteiger partial charge in [0.15, 0.2) is 0 Å². The van der Waals surface area contributed by atoms with Gasteiger partial charge in [0, 0.05) is 6.04 Å². The van der Waals surface area contributed by atoms with Crippen molar-refractivity contribution in [2.24, 2.45) is 11.7 Å². The summed E-state index contributed by atoms with van der Waals surface area (Å²) in [6.45, 7) is 10.9. The molecule has 90 valence electrons. The molecule has 0 aliphatic rings. The summed E-state index contributed by atoms with van der Waals surface area (Å²) >= 11 is 0. The molecule has 1 aromatic rings. The number of hydrogen-bond donors (Lipinski definition) is 1. The largest absolute Gasteiger partial charge is 0.328 e. The lowest BCUT2D eigenvalue weighted by Gasteiger charge is -2.21. The molecule has 2 unspecified atom stereocenters. The molecule has 0 heterocycles. The Hall–Kier alpha value is -0.820. The van der Waals surface area contributed by atoms with Gasteiger partial charge in [0.05, 0.1) is 0 Å². The molecule has 0 aliphatic heterocycles. The molecule has 1 heteroatoms. The zero-order valence-corrected chi connectivity index (χ0v) is 11.3. The van der Waals surface area contributed by atoms with Crippen molar-refractivity contribution in [1.82, 2.24) is 0 Å². The molecule has 1 nitrogen and oxygen atoms in total. The predicted octanol–water partition coefficient (Wildman–Crippen LogP) is 3.53. The predicted molar refractivity (Wildman–Crippen MR) is 71.8 cm³/mol. The lowest BCUT2D eigenvalue weighted by molar-refractivity contribution is 0.426. The van der Waals surface area contributed by atoms with Gasteiger partial charge in [-0.25, -0.2) is 0 Å². The van der Waals surface area contributed by atoms with Crippen molar-refractivity contribution < 1.29 is 0 Å². The summed E-state index contributed by atoms with van der Waals surface area (Å²) in [5.41, 5.74) is 11.7. The van der Waals surface area contributed by atoms with Gasteiger partial charge in [0.2, 0.25) is 0 Å². The minimum atomic E-state index is 0.283. The van der Waals surface area contributed by atoms with Gasteiger partial charge in [-0.2, -0.15) is 0 Å². The van der Waals surface area contributed by atoms with Gasteiger partial charge in [0.1, 0.15) is 0 Å². The molecule has 1 aromatic carbocycles. The smallest absolute Gasteiger partial charge is 0.00418 e. The van der Waals surface area contributed by atoms with Crippen molar-refractivity contribution >= 4 is 0 Å². The lowest BCUT2D eigenvalue weighted by Crippen LogP contribution is -2.28. The van der Waals surface area contributed by atoms with Crippen molar-refractivity contribution in [3.8, 4) is 0 Å². The number of aryl methyl sites for hydroxylation is 3. The number of hydrogen-bond acceptors (Lipinski definition) is 1. The highest BCUT2D eigenvalue weighted by molar-refractivity contribution is 5.37. The molecule has 0 radical (unpaired) electrons. The SMILES string of the molecule is CCC(Cc1c(C)cc(C)cc1C)C(C)N. The first-order chi connectivity index (χ1) is 7.45. The van der Waals surface area contributed by atoms with E-state index in [-0.39, 0.29) is 6.04 Å². The number of benzene rings is 1. The van der Waals surface area contributed by atoms with Crippen LogP contribution >= 0.6 is 0 Å². The highest BCUT2D eigenvalue weighted by atomic mass is 14.6. The first-order valence-corrected chi connectivity index (χ1v) is 6.28. The van der Waals surface area contributed by atoms with Crippen LogP contribution in [0.3, 0.4) is 0 Å².